The first-order chi connectivity index (χ1) is 6.31. The highest BCUT2D eigenvalue weighted by Gasteiger charge is 1.99. The third kappa shape index (κ3) is 10.6. The molecule has 1 atom stereocenters. The van der Waals surface area contributed by atoms with E-state index in [-0.39, 0.29) is 7.83 Å². The van der Waals surface area contributed by atoms with Crippen LogP contribution in [0.15, 0.2) is 0 Å². The van der Waals surface area contributed by atoms with E-state index in [4.69, 9.17) is 0 Å². The summed E-state index contributed by atoms with van der Waals surface area (Å²) in [5.41, 5.74) is 0. The van der Waals surface area contributed by atoms with Crippen LogP contribution in [0.1, 0.15) is 51.9 Å². The fraction of sp³-hybridized carbons (Fsp3) is 1.00. The molecule has 0 saturated carbocycles. The molecule has 3 heteroatoms. The third-order valence-corrected chi connectivity index (χ3v) is 20.3. The predicted octanol–water partition coefficient (Wildman–Crippen LogP) is 1.54. The Hall–Kier alpha value is 0.651. The molecular formula is C10H28Si3. The summed E-state index contributed by atoms with van der Waals surface area (Å²) in [6, 6.07) is 1.71. The molecule has 0 bridgehead atoms. The minimum atomic E-state index is 0.0316. The first-order valence-electron chi connectivity index (χ1n) is 6.31. The molecule has 0 nitrogen and oxygen atoms in total. The molecule has 13 heavy (non-hydrogen) atoms. The molecule has 0 heterocycles. The van der Waals surface area contributed by atoms with E-state index in [1.165, 1.54) is 32.1 Å². The molecule has 0 radical (unpaired) electrons. The summed E-state index contributed by atoms with van der Waals surface area (Å²) in [4.78, 5) is 0. The van der Waals surface area contributed by atoms with E-state index in [0.29, 0.717) is 9.04 Å². The molecule has 0 saturated heterocycles. The number of rotatable bonds is 9. The van der Waals surface area contributed by atoms with Crippen molar-refractivity contribution in [2.24, 2.45) is 0 Å². The molecule has 0 aliphatic carbocycles. The zero-order chi connectivity index (χ0) is 9.94. The topological polar surface area (TPSA) is 0 Å². The predicted molar refractivity (Wildman–Crippen MR) is 74.3 cm³/mol. The molecule has 0 rings (SSSR count). The quantitative estimate of drug-likeness (QED) is 0.418. The Morgan fingerprint density at radius 2 is 1.54 bits per heavy atom. The average Bonchev–Trinajstić information content (AvgIpc) is 2.16. The van der Waals surface area contributed by atoms with Gasteiger partial charge in [0.1, 0.15) is 0 Å². The first kappa shape index (κ1) is 13.7. The second kappa shape index (κ2) is 10.7. The van der Waals surface area contributed by atoms with Crippen LogP contribution in [-0.4, -0.2) is 26.6 Å². The van der Waals surface area contributed by atoms with E-state index in [0.717, 1.165) is 0 Å². The van der Waals surface area contributed by atoms with Crippen LogP contribution in [0, 0.1) is 0 Å². The SMILES string of the molecule is CCCCCCCCC[SiH]([SiH3])[SiH2]C. The van der Waals surface area contributed by atoms with Crippen LogP contribution in [-0.2, 0) is 0 Å². The zero-order valence-corrected chi connectivity index (χ0v) is 14.5. The minimum Gasteiger partial charge on any atom is -0.0771 e. The van der Waals surface area contributed by atoms with Gasteiger partial charge in [-0.1, -0.05) is 64.5 Å². The highest BCUT2D eigenvalue weighted by atomic mass is 29.5. The van der Waals surface area contributed by atoms with Gasteiger partial charge in [-0.25, -0.2) is 0 Å². The maximum absolute atomic E-state index is 2.53. The molecule has 0 aromatic heterocycles. The second-order valence-corrected chi connectivity index (χ2v) is 24.5. The number of unbranched alkanes of at least 4 members (excludes halogenated alkanes) is 6. The first-order valence-corrected chi connectivity index (χ1v) is 16.4. The van der Waals surface area contributed by atoms with Gasteiger partial charge in [0.05, 0.1) is 0 Å². The molecule has 0 fully saturated rings. The van der Waals surface area contributed by atoms with Crippen LogP contribution in [0.25, 0.3) is 0 Å². The number of hydrogen-bond donors (Lipinski definition) is 0. The Kier molecular flexibility index (Phi) is 11.3. The van der Waals surface area contributed by atoms with Gasteiger partial charge in [0.15, 0.2) is 0 Å². The van der Waals surface area contributed by atoms with Gasteiger partial charge in [0.2, 0.25) is 0 Å². The standard InChI is InChI=1S/C10H28Si3/c1-3-4-5-6-7-8-9-10-13(11)12-2/h13H,3-10,12H2,1-2,11H3. The summed E-state index contributed by atoms with van der Waals surface area (Å²) in [5.74, 6) is 0. The van der Waals surface area contributed by atoms with E-state index in [2.05, 4.69) is 13.5 Å². The second-order valence-electron chi connectivity index (χ2n) is 4.42. The van der Waals surface area contributed by atoms with Crippen molar-refractivity contribution in [1.82, 2.24) is 0 Å². The van der Waals surface area contributed by atoms with Gasteiger partial charge in [0.25, 0.3) is 0 Å². The Morgan fingerprint density at radius 3 is 2.08 bits per heavy atom. The third-order valence-electron chi connectivity index (χ3n) is 3.00. The summed E-state index contributed by atoms with van der Waals surface area (Å²) in [6.07, 6.45) is 10.5. The molecule has 0 aliphatic rings. The highest BCUT2D eigenvalue weighted by molar-refractivity contribution is 7.34. The molecule has 0 spiro atoms. The van der Waals surface area contributed by atoms with Crippen molar-refractivity contribution in [3.63, 3.8) is 0 Å². The smallest absolute Gasteiger partial charge is 0.00878 e. The lowest BCUT2D eigenvalue weighted by atomic mass is 10.1. The molecule has 0 aliphatic heterocycles. The van der Waals surface area contributed by atoms with Crippen molar-refractivity contribution < 1.29 is 0 Å². The summed E-state index contributed by atoms with van der Waals surface area (Å²) < 4.78 is 0. The van der Waals surface area contributed by atoms with E-state index >= 15 is 0 Å². The van der Waals surface area contributed by atoms with Crippen LogP contribution >= 0.6 is 0 Å². The maximum atomic E-state index is 2.53. The van der Waals surface area contributed by atoms with E-state index < -0.39 is 0 Å². The molecular weight excluding hydrogens is 204 g/mol. The van der Waals surface area contributed by atoms with Gasteiger partial charge in [-0.05, 0) is 9.76 Å². The Balaban J connectivity index is 2.91. The van der Waals surface area contributed by atoms with Crippen molar-refractivity contribution in [3.8, 4) is 0 Å². The van der Waals surface area contributed by atoms with Crippen molar-refractivity contribution in [2.45, 2.75) is 64.5 Å². The van der Waals surface area contributed by atoms with Crippen LogP contribution in [0.5, 0.6) is 0 Å². The van der Waals surface area contributed by atoms with Gasteiger partial charge in [-0.3, -0.25) is 0 Å². The Morgan fingerprint density at radius 1 is 1.00 bits per heavy atom. The Labute approximate surface area is 91.3 Å². The summed E-state index contributed by atoms with van der Waals surface area (Å²) in [6.45, 7) is 4.83. The largest absolute Gasteiger partial charge is 0.0771 e. The Bertz CT molecular complexity index is 96.2. The van der Waals surface area contributed by atoms with Crippen molar-refractivity contribution in [3.05, 3.63) is 0 Å². The van der Waals surface area contributed by atoms with Crippen LogP contribution in [0.3, 0.4) is 0 Å². The van der Waals surface area contributed by atoms with Crippen LogP contribution in [0.2, 0.25) is 12.6 Å². The molecule has 1 unspecified atom stereocenters. The molecule has 0 aromatic carbocycles. The van der Waals surface area contributed by atoms with E-state index in [1.54, 1.807) is 28.6 Å². The normalized spacial score (nSPS) is 14.3. The van der Waals surface area contributed by atoms with Gasteiger partial charge in [-0.15, -0.1) is 0 Å². The van der Waals surface area contributed by atoms with E-state index in [1.807, 2.05) is 0 Å². The molecule has 0 N–H and O–H groups in total. The average molecular weight is 233 g/mol. The van der Waals surface area contributed by atoms with E-state index in [9.17, 15) is 0 Å². The zero-order valence-electron chi connectivity index (χ0n) is 9.94. The van der Waals surface area contributed by atoms with Crippen molar-refractivity contribution in [1.29, 1.82) is 0 Å². The van der Waals surface area contributed by atoms with Crippen LogP contribution in [0.4, 0.5) is 0 Å². The fourth-order valence-electron chi connectivity index (χ4n) is 1.65. The van der Waals surface area contributed by atoms with Gasteiger partial charge in [-0.2, -0.15) is 0 Å². The van der Waals surface area contributed by atoms with Gasteiger partial charge >= 0.3 is 0 Å². The fourth-order valence-corrected chi connectivity index (χ4v) is 6.36. The summed E-state index contributed by atoms with van der Waals surface area (Å²) >= 11 is 0. The monoisotopic (exact) mass is 232 g/mol. The lowest BCUT2D eigenvalue weighted by molar-refractivity contribution is 0.601. The minimum absolute atomic E-state index is 0.0316. The molecule has 0 amide bonds. The summed E-state index contributed by atoms with van der Waals surface area (Å²) in [5, 5.41) is 0. The lowest BCUT2D eigenvalue weighted by Gasteiger charge is -2.05. The summed E-state index contributed by atoms with van der Waals surface area (Å²) in [7, 11) is 2.13. The highest BCUT2D eigenvalue weighted by Crippen LogP contribution is 2.08. The van der Waals surface area contributed by atoms with Crippen molar-refractivity contribution in [2.75, 3.05) is 0 Å². The maximum Gasteiger partial charge on any atom is 0.00878 e. The lowest BCUT2D eigenvalue weighted by Crippen LogP contribution is -2.19. The van der Waals surface area contributed by atoms with Gasteiger partial charge in [0, 0.05) is 16.9 Å². The molecule has 0 aromatic rings. The van der Waals surface area contributed by atoms with Crippen LogP contribution < -0.4 is 0 Å². The number of hydrogen-bond acceptors (Lipinski definition) is 0. The molecule has 80 valence electrons. The van der Waals surface area contributed by atoms with Gasteiger partial charge < -0.3 is 0 Å². The van der Waals surface area contributed by atoms with Crippen molar-refractivity contribution >= 4 is 26.6 Å².